The second-order valence-electron chi connectivity index (χ2n) is 5.46. The zero-order valence-corrected chi connectivity index (χ0v) is 11.0. The van der Waals surface area contributed by atoms with Gasteiger partial charge in [0.15, 0.2) is 0 Å². The van der Waals surface area contributed by atoms with E-state index in [1.807, 2.05) is 25.1 Å². The van der Waals surface area contributed by atoms with Gasteiger partial charge in [0.25, 0.3) is 0 Å². The van der Waals surface area contributed by atoms with Crippen LogP contribution in [0.15, 0.2) is 30.3 Å². The molecule has 18 heavy (non-hydrogen) atoms. The number of carbonyl (C=O) groups excluding carboxylic acids is 1. The molecule has 2 rings (SSSR count). The molecule has 98 valence electrons. The number of benzene rings is 1. The summed E-state index contributed by atoms with van der Waals surface area (Å²) in [6, 6.07) is 10.4. The molecule has 0 aliphatic heterocycles. The molecule has 0 bridgehead atoms. The molecule has 0 spiro atoms. The van der Waals surface area contributed by atoms with Crippen molar-refractivity contribution in [3.05, 3.63) is 35.9 Å². The van der Waals surface area contributed by atoms with Crippen LogP contribution in [0.2, 0.25) is 0 Å². The van der Waals surface area contributed by atoms with E-state index in [-0.39, 0.29) is 17.4 Å². The summed E-state index contributed by atoms with van der Waals surface area (Å²) in [6.45, 7) is 2.65. The van der Waals surface area contributed by atoms with Gasteiger partial charge >= 0.3 is 0 Å². The zero-order valence-electron chi connectivity index (χ0n) is 11.0. The molecule has 0 heterocycles. The Morgan fingerprint density at radius 3 is 2.61 bits per heavy atom. The van der Waals surface area contributed by atoms with E-state index in [0.717, 1.165) is 25.7 Å². The lowest BCUT2D eigenvalue weighted by Gasteiger charge is -2.16. The molecule has 1 atom stereocenters. The number of rotatable bonds is 6. The summed E-state index contributed by atoms with van der Waals surface area (Å²) in [5.74, 6) is 0.201. The highest BCUT2D eigenvalue weighted by molar-refractivity contribution is 5.85. The molecular weight excluding hydrogens is 224 g/mol. The van der Waals surface area contributed by atoms with Gasteiger partial charge in [-0.3, -0.25) is 4.79 Å². The Labute approximate surface area is 109 Å². The predicted molar refractivity (Wildman–Crippen MR) is 73.1 cm³/mol. The molecule has 1 fully saturated rings. The first-order valence-electron chi connectivity index (χ1n) is 6.70. The van der Waals surface area contributed by atoms with E-state index in [0.29, 0.717) is 6.54 Å². The first-order valence-corrected chi connectivity index (χ1v) is 6.70. The van der Waals surface area contributed by atoms with E-state index in [4.69, 9.17) is 5.73 Å². The maximum Gasteiger partial charge on any atom is 0.226 e. The van der Waals surface area contributed by atoms with Crippen molar-refractivity contribution in [2.75, 3.05) is 6.54 Å². The molecule has 1 aromatic rings. The normalized spacial score (nSPS) is 18.1. The number of hydrogen-bond acceptors (Lipinski definition) is 2. The van der Waals surface area contributed by atoms with Gasteiger partial charge in [0.05, 0.1) is 5.41 Å². The largest absolute Gasteiger partial charge is 0.356 e. The molecule has 1 aromatic carbocycles. The van der Waals surface area contributed by atoms with Crippen molar-refractivity contribution in [1.29, 1.82) is 0 Å². The van der Waals surface area contributed by atoms with Crippen molar-refractivity contribution in [3.63, 3.8) is 0 Å². The Balaban J connectivity index is 1.86. The summed E-state index contributed by atoms with van der Waals surface area (Å²) in [7, 11) is 0. The fraction of sp³-hybridized carbons (Fsp3) is 0.533. The highest BCUT2D eigenvalue weighted by Crippen LogP contribution is 2.48. The van der Waals surface area contributed by atoms with Crippen LogP contribution in [0, 0.1) is 5.41 Å². The van der Waals surface area contributed by atoms with Gasteiger partial charge in [-0.1, -0.05) is 30.3 Å². The molecule has 1 amide bonds. The topological polar surface area (TPSA) is 55.1 Å². The number of nitrogens with two attached hydrogens (primary N) is 1. The fourth-order valence-corrected chi connectivity index (χ4v) is 2.22. The van der Waals surface area contributed by atoms with Crippen molar-refractivity contribution in [1.82, 2.24) is 5.32 Å². The molecule has 1 saturated carbocycles. The Bertz CT molecular complexity index is 396. The van der Waals surface area contributed by atoms with Crippen molar-refractivity contribution in [2.45, 2.75) is 38.6 Å². The molecule has 1 aliphatic carbocycles. The van der Waals surface area contributed by atoms with E-state index < -0.39 is 0 Å². The number of hydrogen-bond donors (Lipinski definition) is 2. The molecular formula is C15H22N2O. The summed E-state index contributed by atoms with van der Waals surface area (Å²) in [6.07, 6.45) is 3.71. The van der Waals surface area contributed by atoms with E-state index in [1.54, 1.807) is 0 Å². The van der Waals surface area contributed by atoms with Crippen molar-refractivity contribution >= 4 is 5.91 Å². The van der Waals surface area contributed by atoms with Crippen molar-refractivity contribution in [3.8, 4) is 0 Å². The first-order chi connectivity index (χ1) is 8.62. The highest BCUT2D eigenvalue weighted by atomic mass is 16.2. The van der Waals surface area contributed by atoms with Crippen LogP contribution in [-0.2, 0) is 11.2 Å². The van der Waals surface area contributed by atoms with Crippen LogP contribution >= 0.6 is 0 Å². The number of amides is 1. The monoisotopic (exact) mass is 246 g/mol. The summed E-state index contributed by atoms with van der Waals surface area (Å²) in [4.78, 5) is 12.2. The minimum Gasteiger partial charge on any atom is -0.356 e. The van der Waals surface area contributed by atoms with Gasteiger partial charge < -0.3 is 11.1 Å². The molecule has 1 unspecified atom stereocenters. The average Bonchev–Trinajstić information content (AvgIpc) is 3.11. The van der Waals surface area contributed by atoms with Gasteiger partial charge in [-0.25, -0.2) is 0 Å². The van der Waals surface area contributed by atoms with Crippen LogP contribution < -0.4 is 11.1 Å². The Hall–Kier alpha value is -1.35. The molecule has 3 N–H and O–H groups in total. The summed E-state index contributed by atoms with van der Waals surface area (Å²) in [5, 5.41) is 3.02. The van der Waals surface area contributed by atoms with Crippen LogP contribution in [0.25, 0.3) is 0 Å². The standard InChI is InChI=1S/C15H22N2O/c1-12(16)7-10-17-14(18)15(8-9-15)11-13-5-3-2-4-6-13/h2-6,12H,7-11,16H2,1H3,(H,17,18). The third-order valence-electron chi connectivity index (χ3n) is 3.61. The van der Waals surface area contributed by atoms with Gasteiger partial charge in [-0.05, 0) is 38.2 Å². The molecule has 3 nitrogen and oxygen atoms in total. The number of carbonyl (C=O) groups is 1. The lowest BCUT2D eigenvalue weighted by molar-refractivity contribution is -0.126. The summed E-state index contributed by atoms with van der Waals surface area (Å²) in [5.41, 5.74) is 6.78. The van der Waals surface area contributed by atoms with E-state index >= 15 is 0 Å². The predicted octanol–water partition coefficient (Wildman–Crippen LogP) is 1.86. The van der Waals surface area contributed by atoms with Crippen LogP contribution in [-0.4, -0.2) is 18.5 Å². The third-order valence-corrected chi connectivity index (χ3v) is 3.61. The van der Waals surface area contributed by atoms with E-state index in [9.17, 15) is 4.79 Å². The van der Waals surface area contributed by atoms with Gasteiger partial charge in [-0.15, -0.1) is 0 Å². The lowest BCUT2D eigenvalue weighted by atomic mass is 9.95. The van der Waals surface area contributed by atoms with Gasteiger partial charge in [0.2, 0.25) is 5.91 Å². The molecule has 3 heteroatoms. The fourth-order valence-electron chi connectivity index (χ4n) is 2.22. The van der Waals surface area contributed by atoms with E-state index in [2.05, 4.69) is 17.4 Å². The second-order valence-corrected chi connectivity index (χ2v) is 5.46. The maximum absolute atomic E-state index is 12.2. The van der Waals surface area contributed by atoms with Gasteiger partial charge in [-0.2, -0.15) is 0 Å². The third kappa shape index (κ3) is 3.33. The molecule has 0 radical (unpaired) electrons. The SMILES string of the molecule is CC(N)CCNC(=O)C1(Cc2ccccc2)CC1. The summed E-state index contributed by atoms with van der Waals surface area (Å²) >= 11 is 0. The molecule has 1 aliphatic rings. The minimum absolute atomic E-state index is 0.140. The zero-order chi connectivity index (χ0) is 13.0. The van der Waals surface area contributed by atoms with Gasteiger partial charge in [0, 0.05) is 12.6 Å². The van der Waals surface area contributed by atoms with Crippen LogP contribution in [0.1, 0.15) is 31.7 Å². The van der Waals surface area contributed by atoms with Crippen LogP contribution in [0.4, 0.5) is 0 Å². The van der Waals surface area contributed by atoms with Crippen LogP contribution in [0.3, 0.4) is 0 Å². The molecule has 0 aromatic heterocycles. The second kappa shape index (κ2) is 5.53. The maximum atomic E-state index is 12.2. The highest BCUT2D eigenvalue weighted by Gasteiger charge is 2.49. The Morgan fingerprint density at radius 2 is 2.06 bits per heavy atom. The Kier molecular flexibility index (Phi) is 4.02. The Morgan fingerprint density at radius 1 is 1.39 bits per heavy atom. The quantitative estimate of drug-likeness (QED) is 0.805. The lowest BCUT2D eigenvalue weighted by Crippen LogP contribution is -2.35. The van der Waals surface area contributed by atoms with E-state index in [1.165, 1.54) is 5.56 Å². The van der Waals surface area contributed by atoms with Gasteiger partial charge in [0.1, 0.15) is 0 Å². The first kappa shape index (κ1) is 13.1. The average molecular weight is 246 g/mol. The van der Waals surface area contributed by atoms with Crippen molar-refractivity contribution in [2.24, 2.45) is 11.1 Å². The number of nitrogens with one attached hydrogen (secondary N) is 1. The summed E-state index contributed by atoms with van der Waals surface area (Å²) < 4.78 is 0. The van der Waals surface area contributed by atoms with Crippen molar-refractivity contribution < 1.29 is 4.79 Å². The smallest absolute Gasteiger partial charge is 0.226 e. The molecule has 0 saturated heterocycles. The minimum atomic E-state index is -0.140. The van der Waals surface area contributed by atoms with Crippen LogP contribution in [0.5, 0.6) is 0 Å².